The number of aromatic nitrogens is 6. The first kappa shape index (κ1) is 17.4. The molecule has 4 aromatic heterocycles. The number of halogens is 1. The van der Waals surface area contributed by atoms with Crippen molar-refractivity contribution in [3.05, 3.63) is 57.2 Å². The normalized spacial score (nSPS) is 11.4. The predicted octanol–water partition coefficient (Wildman–Crippen LogP) is 5.33. The number of benzene rings is 1. The second-order valence-corrected chi connectivity index (χ2v) is 8.81. The van der Waals surface area contributed by atoms with Gasteiger partial charge in [-0.1, -0.05) is 29.8 Å². The first-order chi connectivity index (χ1) is 13.6. The average molecular weight is 425 g/mol. The minimum absolute atomic E-state index is 0.497. The quantitative estimate of drug-likeness (QED) is 0.391. The molecule has 5 aromatic rings. The van der Waals surface area contributed by atoms with E-state index >= 15 is 0 Å². The van der Waals surface area contributed by atoms with Gasteiger partial charge >= 0.3 is 0 Å². The average Bonchev–Trinajstić information content (AvgIpc) is 3.43. The fourth-order valence-electron chi connectivity index (χ4n) is 2.94. The zero-order valence-corrected chi connectivity index (χ0v) is 17.3. The molecule has 9 heteroatoms. The first-order valence-electron chi connectivity index (χ1n) is 8.48. The molecule has 0 saturated heterocycles. The summed E-state index contributed by atoms with van der Waals surface area (Å²) in [6, 6.07) is 11.4. The lowest BCUT2D eigenvalue weighted by molar-refractivity contribution is 0.705. The number of rotatable bonds is 3. The summed E-state index contributed by atoms with van der Waals surface area (Å²) >= 11 is 9.35. The third-order valence-electron chi connectivity index (χ3n) is 4.44. The van der Waals surface area contributed by atoms with Crippen molar-refractivity contribution in [2.75, 3.05) is 0 Å². The van der Waals surface area contributed by atoms with Crippen LogP contribution >= 0.6 is 34.3 Å². The van der Waals surface area contributed by atoms with Crippen LogP contribution in [-0.4, -0.2) is 30.2 Å². The largest absolute Gasteiger partial charge is 0.216 e. The zero-order chi connectivity index (χ0) is 19.3. The van der Waals surface area contributed by atoms with Crippen molar-refractivity contribution in [1.82, 2.24) is 30.2 Å². The fraction of sp³-hybridized carbons (Fsp3) is 0.105. The van der Waals surface area contributed by atoms with Crippen molar-refractivity contribution in [3.63, 3.8) is 0 Å². The molecule has 0 aliphatic rings. The predicted molar refractivity (Wildman–Crippen MR) is 113 cm³/mol. The highest BCUT2D eigenvalue weighted by Crippen LogP contribution is 2.34. The maximum Gasteiger partial charge on any atom is 0.205 e. The van der Waals surface area contributed by atoms with Gasteiger partial charge in [0.25, 0.3) is 0 Å². The second kappa shape index (κ2) is 6.73. The van der Waals surface area contributed by atoms with Crippen molar-refractivity contribution < 1.29 is 0 Å². The Kier molecular flexibility index (Phi) is 4.19. The summed E-state index contributed by atoms with van der Waals surface area (Å²) in [5.74, 6) is 1.80. The fourth-order valence-corrected chi connectivity index (χ4v) is 4.81. The van der Waals surface area contributed by atoms with Crippen LogP contribution in [0.15, 0.2) is 41.8 Å². The van der Waals surface area contributed by atoms with E-state index in [0.717, 1.165) is 26.2 Å². The van der Waals surface area contributed by atoms with E-state index in [1.807, 2.05) is 41.8 Å². The Bertz CT molecular complexity index is 1310. The van der Waals surface area contributed by atoms with Crippen LogP contribution in [0, 0.1) is 13.8 Å². The van der Waals surface area contributed by atoms with Gasteiger partial charge in [0.05, 0.1) is 10.3 Å². The molecule has 0 N–H and O–H groups in total. The monoisotopic (exact) mass is 424 g/mol. The Labute approximate surface area is 173 Å². The molecule has 0 aliphatic carbocycles. The van der Waals surface area contributed by atoms with Gasteiger partial charge < -0.3 is 0 Å². The van der Waals surface area contributed by atoms with Crippen molar-refractivity contribution >= 4 is 44.5 Å². The molecule has 138 valence electrons. The number of hydrogen-bond acceptors (Lipinski definition) is 7. The van der Waals surface area contributed by atoms with Gasteiger partial charge in [0.1, 0.15) is 4.83 Å². The van der Waals surface area contributed by atoms with Crippen LogP contribution in [0.25, 0.3) is 38.1 Å². The van der Waals surface area contributed by atoms with Crippen molar-refractivity contribution in [3.8, 4) is 27.9 Å². The lowest BCUT2D eigenvalue weighted by atomic mass is 10.2. The molecule has 0 atom stereocenters. The Morgan fingerprint density at radius 1 is 1.04 bits per heavy atom. The maximum absolute atomic E-state index is 6.10. The number of tetrazole rings is 1. The van der Waals surface area contributed by atoms with Crippen LogP contribution in [0.5, 0.6) is 0 Å². The highest BCUT2D eigenvalue weighted by molar-refractivity contribution is 7.19. The van der Waals surface area contributed by atoms with Crippen molar-refractivity contribution in [2.45, 2.75) is 13.8 Å². The molecule has 4 heterocycles. The van der Waals surface area contributed by atoms with Crippen LogP contribution in [0.2, 0.25) is 5.02 Å². The molecule has 0 saturated carbocycles. The SMILES string of the molecule is Cc1sc2nc(-c3cccs3)nc(-n3nnc(-c4cccc(Cl)c4)n3)c2c1C. The van der Waals surface area contributed by atoms with Crippen molar-refractivity contribution in [1.29, 1.82) is 0 Å². The highest BCUT2D eigenvalue weighted by Gasteiger charge is 2.19. The highest BCUT2D eigenvalue weighted by atomic mass is 35.5. The molecule has 0 unspecified atom stereocenters. The van der Waals surface area contributed by atoms with Gasteiger partial charge in [-0.25, -0.2) is 9.97 Å². The zero-order valence-electron chi connectivity index (χ0n) is 14.9. The van der Waals surface area contributed by atoms with Crippen LogP contribution in [0.4, 0.5) is 0 Å². The number of aryl methyl sites for hydroxylation is 2. The molecule has 0 aliphatic heterocycles. The topological polar surface area (TPSA) is 69.4 Å². The van der Waals surface area contributed by atoms with Gasteiger partial charge in [-0.05, 0) is 48.2 Å². The van der Waals surface area contributed by atoms with Crippen LogP contribution in [-0.2, 0) is 0 Å². The summed E-state index contributed by atoms with van der Waals surface area (Å²) in [7, 11) is 0. The Hall–Kier alpha value is -2.68. The maximum atomic E-state index is 6.10. The van der Waals surface area contributed by atoms with Gasteiger partial charge in [-0.15, -0.1) is 37.7 Å². The Balaban J connectivity index is 1.72. The third kappa shape index (κ3) is 2.90. The summed E-state index contributed by atoms with van der Waals surface area (Å²) in [5, 5.41) is 16.6. The van der Waals surface area contributed by atoms with E-state index in [-0.39, 0.29) is 0 Å². The van der Waals surface area contributed by atoms with E-state index in [0.29, 0.717) is 22.5 Å². The molecular formula is C19H13ClN6S2. The number of fused-ring (bicyclic) bond motifs is 1. The molecule has 0 spiro atoms. The molecule has 0 radical (unpaired) electrons. The summed E-state index contributed by atoms with van der Waals surface area (Å²) < 4.78 is 0. The minimum atomic E-state index is 0.497. The lowest BCUT2D eigenvalue weighted by Crippen LogP contribution is -2.05. The standard InChI is InChI=1S/C19H13ClN6S2/c1-10-11(2)28-19-15(10)18(21-17(22-19)14-7-4-8-27-14)26-24-16(23-25-26)12-5-3-6-13(20)9-12/h3-9H,1-2H3. The van der Waals surface area contributed by atoms with Gasteiger partial charge in [0.15, 0.2) is 11.6 Å². The molecule has 6 nitrogen and oxygen atoms in total. The summed E-state index contributed by atoms with van der Waals surface area (Å²) in [4.78, 5) is 14.2. The van der Waals surface area contributed by atoms with Gasteiger partial charge in [0.2, 0.25) is 5.82 Å². The first-order valence-corrected chi connectivity index (χ1v) is 10.6. The van der Waals surface area contributed by atoms with E-state index in [2.05, 4.69) is 29.3 Å². The number of thiophene rings is 2. The molecular weight excluding hydrogens is 412 g/mol. The summed E-state index contributed by atoms with van der Waals surface area (Å²) in [5.41, 5.74) is 1.94. The molecule has 0 bridgehead atoms. The minimum Gasteiger partial charge on any atom is -0.216 e. The summed E-state index contributed by atoms with van der Waals surface area (Å²) in [6.45, 7) is 4.16. The number of nitrogens with zero attached hydrogens (tertiary/aromatic N) is 6. The van der Waals surface area contributed by atoms with Crippen LogP contribution in [0.3, 0.4) is 0 Å². The van der Waals surface area contributed by atoms with Crippen LogP contribution in [0.1, 0.15) is 10.4 Å². The molecule has 5 rings (SSSR count). The molecule has 0 fully saturated rings. The van der Waals surface area contributed by atoms with Crippen molar-refractivity contribution in [2.24, 2.45) is 0 Å². The van der Waals surface area contributed by atoms with E-state index < -0.39 is 0 Å². The Morgan fingerprint density at radius 3 is 2.71 bits per heavy atom. The van der Waals surface area contributed by atoms with Crippen LogP contribution < -0.4 is 0 Å². The smallest absolute Gasteiger partial charge is 0.205 e. The Morgan fingerprint density at radius 2 is 1.93 bits per heavy atom. The molecule has 1 aromatic carbocycles. The van der Waals surface area contributed by atoms with E-state index in [1.165, 1.54) is 9.67 Å². The van der Waals surface area contributed by atoms with E-state index in [4.69, 9.17) is 21.6 Å². The molecule has 0 amide bonds. The van der Waals surface area contributed by atoms with Gasteiger partial charge in [-0.3, -0.25) is 0 Å². The molecule has 28 heavy (non-hydrogen) atoms. The lowest BCUT2D eigenvalue weighted by Gasteiger charge is -2.04. The van der Waals surface area contributed by atoms with E-state index in [9.17, 15) is 0 Å². The van der Waals surface area contributed by atoms with Gasteiger partial charge in [-0.2, -0.15) is 0 Å². The van der Waals surface area contributed by atoms with Gasteiger partial charge in [0, 0.05) is 15.5 Å². The third-order valence-corrected chi connectivity index (χ3v) is 6.64. The summed E-state index contributed by atoms with van der Waals surface area (Å²) in [6.07, 6.45) is 0. The number of hydrogen-bond donors (Lipinski definition) is 0. The second-order valence-electron chi connectivity index (χ2n) is 6.22. The van der Waals surface area contributed by atoms with E-state index in [1.54, 1.807) is 22.7 Å².